The summed E-state index contributed by atoms with van der Waals surface area (Å²) >= 11 is 11.7. The number of hydrogen-bond acceptors (Lipinski definition) is 2. The van der Waals surface area contributed by atoms with Crippen LogP contribution in [0.4, 0.5) is 5.69 Å². The molecule has 78 valence electrons. The van der Waals surface area contributed by atoms with Gasteiger partial charge in [0, 0.05) is 5.02 Å². The van der Waals surface area contributed by atoms with Crippen molar-refractivity contribution in [3.05, 3.63) is 28.2 Å². The van der Waals surface area contributed by atoms with Gasteiger partial charge in [-0.15, -0.1) is 0 Å². The maximum Gasteiger partial charge on any atom is 0.255 e. The summed E-state index contributed by atoms with van der Waals surface area (Å²) in [7, 11) is 0. The van der Waals surface area contributed by atoms with Crippen molar-refractivity contribution in [1.82, 2.24) is 5.43 Å². The van der Waals surface area contributed by atoms with E-state index in [0.29, 0.717) is 15.7 Å². The molecule has 0 aliphatic carbocycles. The van der Waals surface area contributed by atoms with E-state index in [-0.39, 0.29) is 18.2 Å². The maximum atomic E-state index is 11.4. The Labute approximate surface area is 95.7 Å². The van der Waals surface area contributed by atoms with Crippen LogP contribution in [0.25, 0.3) is 0 Å². The van der Waals surface area contributed by atoms with Gasteiger partial charge in [0.15, 0.2) is 0 Å². The van der Waals surface area contributed by atoms with Crippen LogP contribution in [0.2, 0.25) is 10.0 Å². The highest BCUT2D eigenvalue weighted by Gasteiger charge is 2.29. The molecule has 0 unspecified atom stereocenters. The number of nitrogens with zero attached hydrogens (tertiary/aromatic N) is 1. The molecule has 0 saturated carbocycles. The van der Waals surface area contributed by atoms with E-state index in [2.05, 4.69) is 5.43 Å². The lowest BCUT2D eigenvalue weighted by atomic mass is 10.3. The van der Waals surface area contributed by atoms with Crippen molar-refractivity contribution in [2.24, 2.45) is 0 Å². The highest BCUT2D eigenvalue weighted by atomic mass is 35.5. The number of nitrogens with one attached hydrogen (secondary N) is 1. The Balaban J connectivity index is 2.41. The molecular formula is C9H6Cl2N2O2. The van der Waals surface area contributed by atoms with Crippen molar-refractivity contribution in [2.75, 3.05) is 5.01 Å². The predicted molar refractivity (Wildman–Crippen MR) is 56.7 cm³/mol. The number of halogens is 2. The number of carbonyl (C=O) groups is 2. The average molecular weight is 245 g/mol. The van der Waals surface area contributed by atoms with E-state index in [4.69, 9.17) is 23.2 Å². The zero-order chi connectivity index (χ0) is 11.0. The molecule has 0 bridgehead atoms. The first kappa shape index (κ1) is 10.3. The van der Waals surface area contributed by atoms with Crippen LogP contribution in [0, 0.1) is 0 Å². The summed E-state index contributed by atoms with van der Waals surface area (Å²) in [6.07, 6.45) is -0.164. The third-order valence-corrected chi connectivity index (χ3v) is 2.50. The van der Waals surface area contributed by atoms with Crippen LogP contribution in [0.1, 0.15) is 6.42 Å². The topological polar surface area (TPSA) is 49.4 Å². The van der Waals surface area contributed by atoms with Gasteiger partial charge < -0.3 is 0 Å². The SMILES string of the molecule is O=C1CC(=O)N(c2cc(Cl)ccc2Cl)N1. The number of benzene rings is 1. The molecule has 1 fully saturated rings. The summed E-state index contributed by atoms with van der Waals surface area (Å²) in [4.78, 5) is 22.4. The second-order valence-corrected chi connectivity index (χ2v) is 3.88. The molecule has 1 aliphatic heterocycles. The standard InChI is InChI=1S/C9H6Cl2N2O2/c10-5-1-2-6(11)7(3-5)13-9(15)4-8(14)12-13/h1-3H,4H2,(H,12,14). The maximum absolute atomic E-state index is 11.4. The van der Waals surface area contributed by atoms with Crippen LogP contribution in [-0.4, -0.2) is 11.8 Å². The van der Waals surface area contributed by atoms with Gasteiger partial charge in [-0.3, -0.25) is 15.0 Å². The molecule has 0 spiro atoms. The van der Waals surface area contributed by atoms with Crippen LogP contribution in [0.3, 0.4) is 0 Å². The van der Waals surface area contributed by atoms with E-state index in [1.165, 1.54) is 6.07 Å². The molecule has 1 aromatic carbocycles. The van der Waals surface area contributed by atoms with Crippen LogP contribution in [0.15, 0.2) is 18.2 Å². The average Bonchev–Trinajstić information content (AvgIpc) is 2.50. The highest BCUT2D eigenvalue weighted by molar-refractivity contribution is 6.36. The molecule has 1 N–H and O–H groups in total. The largest absolute Gasteiger partial charge is 0.273 e. The molecule has 15 heavy (non-hydrogen) atoms. The van der Waals surface area contributed by atoms with Gasteiger partial charge in [-0.1, -0.05) is 23.2 Å². The summed E-state index contributed by atoms with van der Waals surface area (Å²) < 4.78 is 0. The molecule has 1 aliphatic rings. The van der Waals surface area contributed by atoms with E-state index in [1.807, 2.05) is 0 Å². The fraction of sp³-hybridized carbons (Fsp3) is 0.111. The minimum atomic E-state index is -0.351. The van der Waals surface area contributed by atoms with Crippen molar-refractivity contribution in [2.45, 2.75) is 6.42 Å². The smallest absolute Gasteiger partial charge is 0.255 e. The van der Waals surface area contributed by atoms with Gasteiger partial charge in [-0.25, -0.2) is 5.01 Å². The molecule has 0 aromatic heterocycles. The summed E-state index contributed by atoms with van der Waals surface area (Å²) in [6, 6.07) is 4.69. The van der Waals surface area contributed by atoms with Gasteiger partial charge in [0.1, 0.15) is 6.42 Å². The Morgan fingerprint density at radius 3 is 2.60 bits per heavy atom. The number of anilines is 1. The predicted octanol–water partition coefficient (Wildman–Crippen LogP) is 1.76. The van der Waals surface area contributed by atoms with Crippen molar-refractivity contribution in [3.8, 4) is 0 Å². The van der Waals surface area contributed by atoms with Crippen molar-refractivity contribution in [3.63, 3.8) is 0 Å². The van der Waals surface area contributed by atoms with Gasteiger partial charge in [-0.05, 0) is 18.2 Å². The summed E-state index contributed by atoms with van der Waals surface area (Å²) in [5, 5.41) is 1.91. The fourth-order valence-electron chi connectivity index (χ4n) is 1.29. The fourth-order valence-corrected chi connectivity index (χ4v) is 1.66. The minimum Gasteiger partial charge on any atom is -0.273 e. The second-order valence-electron chi connectivity index (χ2n) is 3.04. The van der Waals surface area contributed by atoms with Crippen molar-refractivity contribution >= 4 is 40.7 Å². The first-order valence-electron chi connectivity index (χ1n) is 4.15. The molecule has 0 atom stereocenters. The molecule has 1 aromatic rings. The number of carbonyl (C=O) groups excluding carboxylic acids is 2. The number of hydrogen-bond donors (Lipinski definition) is 1. The lowest BCUT2D eigenvalue weighted by molar-refractivity contribution is -0.122. The molecule has 6 heteroatoms. The third-order valence-electron chi connectivity index (χ3n) is 1.95. The number of hydrazine groups is 1. The van der Waals surface area contributed by atoms with E-state index in [1.54, 1.807) is 12.1 Å². The molecule has 4 nitrogen and oxygen atoms in total. The molecule has 2 rings (SSSR count). The van der Waals surface area contributed by atoms with Crippen LogP contribution < -0.4 is 10.4 Å². The van der Waals surface area contributed by atoms with Crippen LogP contribution >= 0.6 is 23.2 Å². The lowest BCUT2D eigenvalue weighted by Gasteiger charge is -2.16. The monoisotopic (exact) mass is 244 g/mol. The first-order chi connectivity index (χ1) is 7.08. The lowest BCUT2D eigenvalue weighted by Crippen LogP contribution is -2.35. The highest BCUT2D eigenvalue weighted by Crippen LogP contribution is 2.29. The van der Waals surface area contributed by atoms with E-state index >= 15 is 0 Å². The van der Waals surface area contributed by atoms with Gasteiger partial charge in [-0.2, -0.15) is 0 Å². The quantitative estimate of drug-likeness (QED) is 0.766. The minimum absolute atomic E-state index is 0.164. The van der Waals surface area contributed by atoms with Crippen LogP contribution in [0.5, 0.6) is 0 Å². The number of amides is 2. The number of rotatable bonds is 1. The van der Waals surface area contributed by atoms with Gasteiger partial charge >= 0.3 is 0 Å². The van der Waals surface area contributed by atoms with Crippen molar-refractivity contribution < 1.29 is 9.59 Å². The van der Waals surface area contributed by atoms with E-state index in [0.717, 1.165) is 5.01 Å². The summed E-state index contributed by atoms with van der Waals surface area (Å²) in [5.74, 6) is -0.694. The van der Waals surface area contributed by atoms with Gasteiger partial charge in [0.2, 0.25) is 5.91 Å². The van der Waals surface area contributed by atoms with Gasteiger partial charge in [0.05, 0.1) is 10.7 Å². The zero-order valence-electron chi connectivity index (χ0n) is 7.46. The Morgan fingerprint density at radius 2 is 2.00 bits per heavy atom. The van der Waals surface area contributed by atoms with Crippen LogP contribution in [-0.2, 0) is 9.59 Å². The molecule has 2 amide bonds. The molecule has 0 radical (unpaired) electrons. The Kier molecular flexibility index (Phi) is 2.54. The third kappa shape index (κ3) is 1.91. The Morgan fingerprint density at radius 1 is 1.27 bits per heavy atom. The molecular weight excluding hydrogens is 239 g/mol. The Hall–Kier alpha value is -1.26. The van der Waals surface area contributed by atoms with E-state index in [9.17, 15) is 9.59 Å². The molecule has 1 heterocycles. The summed E-state index contributed by atoms with van der Waals surface area (Å²) in [5.41, 5.74) is 2.78. The van der Waals surface area contributed by atoms with Gasteiger partial charge in [0.25, 0.3) is 5.91 Å². The van der Waals surface area contributed by atoms with Crippen molar-refractivity contribution in [1.29, 1.82) is 0 Å². The normalized spacial score (nSPS) is 15.7. The molecule has 1 saturated heterocycles. The first-order valence-corrected chi connectivity index (χ1v) is 4.91. The Bertz CT molecular complexity index is 448. The zero-order valence-corrected chi connectivity index (χ0v) is 8.97. The second kappa shape index (κ2) is 3.72. The van der Waals surface area contributed by atoms with E-state index < -0.39 is 0 Å². The summed E-state index contributed by atoms with van der Waals surface area (Å²) in [6.45, 7) is 0.